The molecule has 0 aliphatic carbocycles. The number of rotatable bonds is 11. The van der Waals surface area contributed by atoms with Crippen LogP contribution in [-0.2, 0) is 22.3 Å². The van der Waals surface area contributed by atoms with Crippen LogP contribution in [0.1, 0.15) is 35.2 Å². The summed E-state index contributed by atoms with van der Waals surface area (Å²) in [6, 6.07) is 17.0. The maximum Gasteiger partial charge on any atom is 0.416 e. The summed E-state index contributed by atoms with van der Waals surface area (Å²) in [4.78, 5) is 13.6. The molecule has 13 heteroatoms. The first-order valence-electron chi connectivity index (χ1n) is 12.3. The van der Waals surface area contributed by atoms with E-state index in [0.29, 0.717) is 16.5 Å². The summed E-state index contributed by atoms with van der Waals surface area (Å²) in [5.74, 6) is -0.767. The molecule has 0 fully saturated rings. The molecule has 0 aliphatic heterocycles. The van der Waals surface area contributed by atoms with E-state index < -0.39 is 28.7 Å². The van der Waals surface area contributed by atoms with Gasteiger partial charge in [-0.15, -0.1) is 10.2 Å². The molecule has 4 rings (SSSR count). The van der Waals surface area contributed by atoms with Crippen molar-refractivity contribution in [3.05, 3.63) is 101 Å². The van der Waals surface area contributed by atoms with E-state index in [1.54, 1.807) is 47.0 Å². The predicted molar refractivity (Wildman–Crippen MR) is 147 cm³/mol. The van der Waals surface area contributed by atoms with E-state index in [1.807, 2.05) is 6.92 Å². The van der Waals surface area contributed by atoms with E-state index in [4.69, 9.17) is 21.1 Å². The van der Waals surface area contributed by atoms with E-state index in [1.165, 1.54) is 19.2 Å². The fourth-order valence-corrected chi connectivity index (χ4v) is 5.27. The molecule has 2 unspecified atom stereocenters. The maximum atomic E-state index is 14.1. The molecule has 0 saturated heterocycles. The SMILES string of the molecule is COCC(C)n1c(COc2ccccc2F)nnc1SC(C(=O)Nc1cc(C(F)(F)F)ccc1Cl)c1ccccc1. The Labute approximate surface area is 242 Å². The average Bonchev–Trinajstić information content (AvgIpc) is 3.35. The Bertz CT molecular complexity index is 1490. The second kappa shape index (κ2) is 13.4. The molecular formula is C28H25ClF4N4O3S. The van der Waals surface area contributed by atoms with Gasteiger partial charge in [-0.1, -0.05) is 65.8 Å². The van der Waals surface area contributed by atoms with Crippen LogP contribution >= 0.6 is 23.4 Å². The molecule has 7 nitrogen and oxygen atoms in total. The second-order valence-electron chi connectivity index (χ2n) is 8.88. The van der Waals surface area contributed by atoms with Gasteiger partial charge in [-0.05, 0) is 42.8 Å². The van der Waals surface area contributed by atoms with Gasteiger partial charge in [0.05, 0.1) is 28.9 Å². The second-order valence-corrected chi connectivity index (χ2v) is 10.4. The topological polar surface area (TPSA) is 78.3 Å². The normalized spacial score (nSPS) is 13.0. The van der Waals surface area contributed by atoms with Crippen LogP contribution in [0.25, 0.3) is 0 Å². The fraction of sp³-hybridized carbons (Fsp3) is 0.250. The number of hydrogen-bond donors (Lipinski definition) is 1. The van der Waals surface area contributed by atoms with Crippen molar-refractivity contribution in [1.29, 1.82) is 0 Å². The summed E-state index contributed by atoms with van der Waals surface area (Å²) in [6.45, 7) is 1.99. The Balaban J connectivity index is 1.66. The van der Waals surface area contributed by atoms with Gasteiger partial charge in [0, 0.05) is 7.11 Å². The molecule has 0 bridgehead atoms. The number of halogens is 5. The number of carbonyl (C=O) groups is 1. The zero-order valence-electron chi connectivity index (χ0n) is 21.9. The minimum Gasteiger partial charge on any atom is -0.483 e. The third-order valence-electron chi connectivity index (χ3n) is 5.89. The highest BCUT2D eigenvalue weighted by Gasteiger charge is 2.32. The number of anilines is 1. The van der Waals surface area contributed by atoms with E-state index >= 15 is 0 Å². The molecule has 3 aromatic carbocycles. The van der Waals surface area contributed by atoms with Crippen LogP contribution < -0.4 is 10.1 Å². The van der Waals surface area contributed by atoms with Crippen LogP contribution in [0.15, 0.2) is 78.0 Å². The lowest BCUT2D eigenvalue weighted by Crippen LogP contribution is -2.21. The lowest BCUT2D eigenvalue weighted by Gasteiger charge is -2.21. The zero-order valence-corrected chi connectivity index (χ0v) is 23.4. The number of para-hydroxylation sites is 1. The molecular weight excluding hydrogens is 584 g/mol. The highest BCUT2D eigenvalue weighted by Crippen LogP contribution is 2.39. The van der Waals surface area contributed by atoms with Crippen molar-refractivity contribution >= 4 is 35.0 Å². The lowest BCUT2D eigenvalue weighted by atomic mass is 10.1. The number of amides is 1. The Hall–Kier alpha value is -3.61. The number of methoxy groups -OCH3 is 1. The summed E-state index contributed by atoms with van der Waals surface area (Å²) in [5.41, 5.74) is -0.564. The van der Waals surface area contributed by atoms with Crippen LogP contribution in [0, 0.1) is 5.82 Å². The maximum absolute atomic E-state index is 14.1. The molecule has 1 N–H and O–H groups in total. The third kappa shape index (κ3) is 7.57. The molecule has 0 saturated carbocycles. The summed E-state index contributed by atoms with van der Waals surface area (Å²) in [6.07, 6.45) is -4.62. The van der Waals surface area contributed by atoms with Crippen LogP contribution in [0.5, 0.6) is 5.75 Å². The summed E-state index contributed by atoms with van der Waals surface area (Å²) < 4.78 is 66.7. The van der Waals surface area contributed by atoms with Crippen molar-refractivity contribution in [2.75, 3.05) is 19.0 Å². The van der Waals surface area contributed by atoms with Gasteiger partial charge in [0.15, 0.2) is 22.5 Å². The number of nitrogens with zero attached hydrogens (tertiary/aromatic N) is 3. The van der Waals surface area contributed by atoms with Crippen LogP contribution in [0.3, 0.4) is 0 Å². The van der Waals surface area contributed by atoms with Crippen molar-refractivity contribution < 1.29 is 31.8 Å². The number of aromatic nitrogens is 3. The monoisotopic (exact) mass is 608 g/mol. The molecule has 0 aliphatic rings. The van der Waals surface area contributed by atoms with Crippen LogP contribution in [0.2, 0.25) is 5.02 Å². The number of benzene rings is 3. The molecule has 2 atom stereocenters. The Kier molecular flexibility index (Phi) is 9.90. The first kappa shape index (κ1) is 30.4. The van der Waals surface area contributed by atoms with Crippen molar-refractivity contribution in [2.45, 2.75) is 36.2 Å². The first-order valence-corrected chi connectivity index (χ1v) is 13.5. The summed E-state index contributed by atoms with van der Waals surface area (Å²) in [5, 5.41) is 10.3. The van der Waals surface area contributed by atoms with Gasteiger partial charge in [-0.3, -0.25) is 9.36 Å². The molecule has 216 valence electrons. The molecule has 41 heavy (non-hydrogen) atoms. The van der Waals surface area contributed by atoms with Crippen molar-refractivity contribution in [2.24, 2.45) is 0 Å². The van der Waals surface area contributed by atoms with Crippen LogP contribution in [-0.4, -0.2) is 34.4 Å². The Morgan fingerprint density at radius 2 is 1.78 bits per heavy atom. The average molecular weight is 609 g/mol. The lowest BCUT2D eigenvalue weighted by molar-refractivity contribution is -0.137. The number of ether oxygens (including phenoxy) is 2. The first-order chi connectivity index (χ1) is 19.6. The van der Waals surface area contributed by atoms with Crippen molar-refractivity contribution in [1.82, 2.24) is 14.8 Å². The predicted octanol–water partition coefficient (Wildman–Crippen LogP) is 7.35. The zero-order chi connectivity index (χ0) is 29.6. The number of carbonyl (C=O) groups excluding carboxylic acids is 1. The number of hydrogen-bond acceptors (Lipinski definition) is 6. The van der Waals surface area contributed by atoms with Gasteiger partial charge in [0.25, 0.3) is 0 Å². The minimum absolute atomic E-state index is 0.0372. The highest BCUT2D eigenvalue weighted by molar-refractivity contribution is 8.00. The van der Waals surface area contributed by atoms with E-state index in [0.717, 1.165) is 30.0 Å². The number of nitrogens with one attached hydrogen (secondary N) is 1. The van der Waals surface area contributed by atoms with Crippen molar-refractivity contribution in [3.8, 4) is 5.75 Å². The molecule has 1 heterocycles. The minimum atomic E-state index is -4.62. The van der Waals surface area contributed by atoms with Gasteiger partial charge in [0.2, 0.25) is 5.91 Å². The van der Waals surface area contributed by atoms with Gasteiger partial charge in [0.1, 0.15) is 11.9 Å². The van der Waals surface area contributed by atoms with Gasteiger partial charge < -0.3 is 14.8 Å². The smallest absolute Gasteiger partial charge is 0.416 e. The molecule has 4 aromatic rings. The third-order valence-corrected chi connectivity index (χ3v) is 7.43. The molecule has 1 aromatic heterocycles. The quantitative estimate of drug-likeness (QED) is 0.142. The summed E-state index contributed by atoms with van der Waals surface area (Å²) >= 11 is 7.17. The van der Waals surface area contributed by atoms with Gasteiger partial charge in [-0.25, -0.2) is 4.39 Å². The molecule has 1 amide bonds. The highest BCUT2D eigenvalue weighted by atomic mass is 35.5. The fourth-order valence-electron chi connectivity index (χ4n) is 3.95. The Morgan fingerprint density at radius 3 is 2.46 bits per heavy atom. The standard InChI is InChI=1S/C28H25ClF4N4O3S/c1-17(15-39-2)37-24(16-40-23-11-7-6-10-21(23)30)35-36-27(37)41-25(18-8-4-3-5-9-18)26(38)34-22-14-19(28(31,32)33)12-13-20(22)29/h3-14,17,25H,15-16H2,1-2H3,(H,34,38). The van der Waals surface area contributed by atoms with E-state index in [-0.39, 0.29) is 35.7 Å². The summed E-state index contributed by atoms with van der Waals surface area (Å²) in [7, 11) is 1.53. The van der Waals surface area contributed by atoms with Gasteiger partial charge in [-0.2, -0.15) is 13.2 Å². The van der Waals surface area contributed by atoms with Gasteiger partial charge >= 0.3 is 6.18 Å². The van der Waals surface area contributed by atoms with Crippen molar-refractivity contribution in [3.63, 3.8) is 0 Å². The molecule has 0 spiro atoms. The number of thioether (sulfide) groups is 1. The largest absolute Gasteiger partial charge is 0.483 e. The molecule has 0 radical (unpaired) electrons. The van der Waals surface area contributed by atoms with E-state index in [2.05, 4.69) is 15.5 Å². The van der Waals surface area contributed by atoms with E-state index in [9.17, 15) is 22.4 Å². The number of alkyl halides is 3. The Morgan fingerprint density at radius 1 is 1.07 bits per heavy atom. The van der Waals surface area contributed by atoms with Crippen LogP contribution in [0.4, 0.5) is 23.2 Å².